The quantitative estimate of drug-likeness (QED) is 0.791. The van der Waals surface area contributed by atoms with Crippen molar-refractivity contribution >= 4 is 27.8 Å². The molecule has 0 bridgehead atoms. The van der Waals surface area contributed by atoms with Crippen LogP contribution >= 0.6 is 15.9 Å². The maximum atomic E-state index is 12.9. The maximum Gasteiger partial charge on any atom is 0.334 e. The molecular formula is C17H22BrNO4. The Morgan fingerprint density at radius 3 is 2.61 bits per heavy atom. The number of rotatable bonds is 6. The minimum absolute atomic E-state index is 0.0274. The Bertz CT molecular complexity index is 569. The molecule has 1 aliphatic rings. The SMILES string of the molecule is COC(CNC(=O)C1(c2cccc(Br)c2)CCCCC1)C(=O)O. The summed E-state index contributed by atoms with van der Waals surface area (Å²) in [6, 6.07) is 7.82. The van der Waals surface area contributed by atoms with Crippen LogP contribution in [0.25, 0.3) is 0 Å². The van der Waals surface area contributed by atoms with Gasteiger partial charge < -0.3 is 15.2 Å². The molecule has 1 atom stereocenters. The highest BCUT2D eigenvalue weighted by Crippen LogP contribution is 2.40. The van der Waals surface area contributed by atoms with E-state index < -0.39 is 17.5 Å². The minimum atomic E-state index is -1.08. The van der Waals surface area contributed by atoms with Crippen LogP contribution in [0.15, 0.2) is 28.7 Å². The van der Waals surface area contributed by atoms with E-state index in [1.807, 2.05) is 24.3 Å². The highest BCUT2D eigenvalue weighted by atomic mass is 79.9. The number of carbonyl (C=O) groups is 2. The van der Waals surface area contributed by atoms with Crippen LogP contribution in [0.3, 0.4) is 0 Å². The van der Waals surface area contributed by atoms with Crippen LogP contribution in [0.1, 0.15) is 37.7 Å². The van der Waals surface area contributed by atoms with Crippen LogP contribution in [0.4, 0.5) is 0 Å². The first-order chi connectivity index (χ1) is 11.0. The predicted octanol–water partition coefficient (Wildman–Crippen LogP) is 2.87. The molecule has 1 aliphatic carbocycles. The van der Waals surface area contributed by atoms with Crippen molar-refractivity contribution < 1.29 is 19.4 Å². The van der Waals surface area contributed by atoms with E-state index in [9.17, 15) is 9.59 Å². The van der Waals surface area contributed by atoms with Gasteiger partial charge in [-0.15, -0.1) is 0 Å². The largest absolute Gasteiger partial charge is 0.479 e. The van der Waals surface area contributed by atoms with Gasteiger partial charge in [-0.3, -0.25) is 4.79 Å². The molecule has 1 amide bonds. The second kappa shape index (κ2) is 7.93. The van der Waals surface area contributed by atoms with E-state index in [1.54, 1.807) is 0 Å². The number of hydrogen-bond donors (Lipinski definition) is 2. The summed E-state index contributed by atoms with van der Waals surface area (Å²) in [6.07, 6.45) is 3.64. The average molecular weight is 384 g/mol. The summed E-state index contributed by atoms with van der Waals surface area (Å²) in [5, 5.41) is 11.8. The van der Waals surface area contributed by atoms with Crippen LogP contribution in [-0.4, -0.2) is 36.7 Å². The summed E-state index contributed by atoms with van der Waals surface area (Å²) >= 11 is 3.47. The summed E-state index contributed by atoms with van der Waals surface area (Å²) < 4.78 is 5.82. The number of carbonyl (C=O) groups excluding carboxylic acids is 1. The number of nitrogens with one attached hydrogen (secondary N) is 1. The first-order valence-electron chi connectivity index (χ1n) is 7.79. The number of carboxylic acid groups (broad SMARTS) is 1. The van der Waals surface area contributed by atoms with Crippen molar-refractivity contribution in [3.05, 3.63) is 34.3 Å². The Kier molecular flexibility index (Phi) is 6.18. The fraction of sp³-hybridized carbons (Fsp3) is 0.529. The van der Waals surface area contributed by atoms with Crippen molar-refractivity contribution in [2.45, 2.75) is 43.6 Å². The van der Waals surface area contributed by atoms with E-state index in [1.165, 1.54) is 7.11 Å². The fourth-order valence-electron chi connectivity index (χ4n) is 3.21. The summed E-state index contributed by atoms with van der Waals surface area (Å²) in [7, 11) is 1.33. The third-order valence-corrected chi connectivity index (χ3v) is 5.02. The molecule has 0 spiro atoms. The van der Waals surface area contributed by atoms with Crippen molar-refractivity contribution in [1.82, 2.24) is 5.32 Å². The van der Waals surface area contributed by atoms with Gasteiger partial charge in [0.25, 0.3) is 0 Å². The lowest BCUT2D eigenvalue weighted by Gasteiger charge is -2.36. The summed E-state index contributed by atoms with van der Waals surface area (Å²) in [5.41, 5.74) is 0.395. The molecule has 0 aliphatic heterocycles. The van der Waals surface area contributed by atoms with Crippen LogP contribution in [-0.2, 0) is 19.7 Å². The number of carboxylic acids is 1. The molecular weight excluding hydrogens is 362 g/mol. The Morgan fingerprint density at radius 2 is 2.04 bits per heavy atom. The molecule has 126 valence electrons. The van der Waals surface area contributed by atoms with Crippen molar-refractivity contribution in [2.75, 3.05) is 13.7 Å². The number of benzene rings is 1. The van der Waals surface area contributed by atoms with Gasteiger partial charge in [-0.05, 0) is 30.5 Å². The highest BCUT2D eigenvalue weighted by molar-refractivity contribution is 9.10. The Labute approximate surface area is 144 Å². The number of methoxy groups -OCH3 is 1. The third-order valence-electron chi connectivity index (χ3n) is 4.53. The second-order valence-corrected chi connectivity index (χ2v) is 6.84. The Hall–Kier alpha value is -1.40. The van der Waals surface area contributed by atoms with E-state index in [2.05, 4.69) is 21.2 Å². The molecule has 1 aromatic rings. The van der Waals surface area contributed by atoms with Gasteiger partial charge in [-0.25, -0.2) is 4.79 Å². The van der Waals surface area contributed by atoms with Gasteiger partial charge in [0, 0.05) is 11.6 Å². The lowest BCUT2D eigenvalue weighted by molar-refractivity contribution is -0.148. The van der Waals surface area contributed by atoms with Gasteiger partial charge in [-0.1, -0.05) is 47.3 Å². The van der Waals surface area contributed by atoms with Gasteiger partial charge in [-0.2, -0.15) is 0 Å². The highest BCUT2D eigenvalue weighted by Gasteiger charge is 2.41. The molecule has 6 heteroatoms. The molecule has 5 nitrogen and oxygen atoms in total. The average Bonchev–Trinajstić information content (AvgIpc) is 2.55. The molecule has 2 rings (SSSR count). The lowest BCUT2D eigenvalue weighted by atomic mass is 9.68. The second-order valence-electron chi connectivity index (χ2n) is 5.93. The lowest BCUT2D eigenvalue weighted by Crippen LogP contribution is -2.49. The van der Waals surface area contributed by atoms with Crippen LogP contribution in [0.2, 0.25) is 0 Å². The molecule has 0 radical (unpaired) electrons. The van der Waals surface area contributed by atoms with Gasteiger partial charge in [0.15, 0.2) is 6.10 Å². The van der Waals surface area contributed by atoms with Gasteiger partial charge >= 0.3 is 5.97 Å². The predicted molar refractivity (Wildman–Crippen MR) is 90.3 cm³/mol. The minimum Gasteiger partial charge on any atom is -0.479 e. The molecule has 1 fully saturated rings. The van der Waals surface area contributed by atoms with E-state index in [-0.39, 0.29) is 12.5 Å². The molecule has 0 aromatic heterocycles. The third kappa shape index (κ3) is 4.12. The number of amides is 1. The monoisotopic (exact) mass is 383 g/mol. The van der Waals surface area contributed by atoms with E-state index in [0.717, 1.165) is 42.1 Å². The Morgan fingerprint density at radius 1 is 1.35 bits per heavy atom. The fourth-order valence-corrected chi connectivity index (χ4v) is 3.61. The van der Waals surface area contributed by atoms with Crippen LogP contribution < -0.4 is 5.32 Å². The van der Waals surface area contributed by atoms with E-state index in [0.29, 0.717) is 0 Å². The van der Waals surface area contributed by atoms with Gasteiger partial charge in [0.1, 0.15) is 0 Å². The van der Waals surface area contributed by atoms with Gasteiger partial charge in [0.2, 0.25) is 5.91 Å². The first-order valence-corrected chi connectivity index (χ1v) is 8.59. The molecule has 0 heterocycles. The maximum absolute atomic E-state index is 12.9. The molecule has 23 heavy (non-hydrogen) atoms. The molecule has 0 saturated heterocycles. The number of ether oxygens (including phenoxy) is 1. The summed E-state index contributed by atoms with van der Waals surface area (Å²) in [6.45, 7) is -0.0274. The first kappa shape index (κ1) is 17.9. The molecule has 2 N–H and O–H groups in total. The van der Waals surface area contributed by atoms with E-state index in [4.69, 9.17) is 9.84 Å². The van der Waals surface area contributed by atoms with E-state index >= 15 is 0 Å². The zero-order chi connectivity index (χ0) is 16.9. The van der Waals surface area contributed by atoms with Crippen molar-refractivity contribution in [1.29, 1.82) is 0 Å². The normalized spacial score (nSPS) is 18.2. The zero-order valence-corrected chi connectivity index (χ0v) is 14.8. The van der Waals surface area contributed by atoms with Crippen LogP contribution in [0.5, 0.6) is 0 Å². The summed E-state index contributed by atoms with van der Waals surface area (Å²) in [4.78, 5) is 23.9. The molecule has 1 aromatic carbocycles. The Balaban J connectivity index is 2.21. The topological polar surface area (TPSA) is 75.6 Å². The van der Waals surface area contributed by atoms with Gasteiger partial charge in [0.05, 0.1) is 12.0 Å². The smallest absolute Gasteiger partial charge is 0.334 e. The van der Waals surface area contributed by atoms with Crippen molar-refractivity contribution in [3.63, 3.8) is 0 Å². The number of halogens is 1. The molecule has 1 saturated carbocycles. The van der Waals surface area contributed by atoms with Crippen molar-refractivity contribution in [2.24, 2.45) is 0 Å². The molecule has 1 unspecified atom stereocenters. The summed E-state index contributed by atoms with van der Waals surface area (Å²) in [5.74, 6) is -1.19. The zero-order valence-electron chi connectivity index (χ0n) is 13.2. The van der Waals surface area contributed by atoms with Crippen LogP contribution in [0, 0.1) is 0 Å². The van der Waals surface area contributed by atoms with Crippen molar-refractivity contribution in [3.8, 4) is 0 Å². The number of hydrogen-bond acceptors (Lipinski definition) is 3. The standard InChI is InChI=1S/C17H22BrNO4/c1-23-14(15(20)21)11-19-16(22)17(8-3-2-4-9-17)12-6-5-7-13(18)10-12/h5-7,10,14H,2-4,8-9,11H2,1H3,(H,19,22)(H,20,21). The number of aliphatic carboxylic acids is 1.